The van der Waals surface area contributed by atoms with E-state index in [1.54, 1.807) is 7.11 Å². The van der Waals surface area contributed by atoms with Crippen LogP contribution in [0.3, 0.4) is 0 Å². The molecule has 1 aromatic heterocycles. The van der Waals surface area contributed by atoms with Crippen LogP contribution in [0.4, 0.5) is 0 Å². The van der Waals surface area contributed by atoms with Gasteiger partial charge in [0.2, 0.25) is 0 Å². The van der Waals surface area contributed by atoms with Crippen molar-refractivity contribution in [2.24, 2.45) is 11.8 Å². The highest BCUT2D eigenvalue weighted by Gasteiger charge is 2.71. The number of rotatable bonds is 7. The van der Waals surface area contributed by atoms with Crippen molar-refractivity contribution in [2.45, 2.75) is 18.1 Å². The van der Waals surface area contributed by atoms with Gasteiger partial charge in [0.05, 0.1) is 35.0 Å². The monoisotopic (exact) mass is 474 g/mol. The fourth-order valence-electron chi connectivity index (χ4n) is 4.93. The van der Waals surface area contributed by atoms with Crippen molar-refractivity contribution < 1.29 is 42.9 Å². The summed E-state index contributed by atoms with van der Waals surface area (Å²) in [5, 5.41) is 0.936. The number of esters is 3. The second kappa shape index (κ2) is 8.98. The number of nitrogens with zero attached hydrogens (tertiary/aromatic N) is 1. The van der Waals surface area contributed by atoms with Crippen molar-refractivity contribution in [1.29, 1.82) is 0 Å². The molecule has 0 radical (unpaired) electrons. The van der Waals surface area contributed by atoms with E-state index in [9.17, 15) is 19.2 Å². The summed E-state index contributed by atoms with van der Waals surface area (Å²) >= 11 is 0. The number of hydrogen-bond donors (Lipinski definition) is 1. The molecule has 11 nitrogen and oxygen atoms in total. The third-order valence-corrected chi connectivity index (χ3v) is 6.59. The third kappa shape index (κ3) is 3.56. The molecule has 4 rings (SSSR count). The maximum absolute atomic E-state index is 13.3. The van der Waals surface area contributed by atoms with E-state index < -0.39 is 47.4 Å². The summed E-state index contributed by atoms with van der Waals surface area (Å²) in [7, 11) is 5.00. The number of benzene rings is 1. The summed E-state index contributed by atoms with van der Waals surface area (Å²) in [6.07, 6.45) is 0.899. The standard InChI is InChI=1S/C23H26N2O9/c1-30-13-5-6-15-14(9-13)12(10-24-15)7-8-25-11-23(22(29)33-4)17(21(28)32-3)16(20(27)31-2)18(34-23)19(25)26/h5-6,9-10,16-18,24H,7-8,11H2,1-4H3. The first-order valence-electron chi connectivity index (χ1n) is 10.7. The summed E-state index contributed by atoms with van der Waals surface area (Å²) in [6.45, 7) is -0.0582. The van der Waals surface area contributed by atoms with E-state index in [1.165, 1.54) is 4.90 Å². The first-order valence-corrected chi connectivity index (χ1v) is 10.7. The van der Waals surface area contributed by atoms with Crippen molar-refractivity contribution in [1.82, 2.24) is 9.88 Å². The Morgan fingerprint density at radius 1 is 1.12 bits per heavy atom. The molecule has 182 valence electrons. The third-order valence-electron chi connectivity index (χ3n) is 6.59. The number of carbonyl (C=O) groups is 4. The zero-order chi connectivity index (χ0) is 24.6. The molecule has 2 aromatic rings. The van der Waals surface area contributed by atoms with Crippen LogP contribution in [0.15, 0.2) is 24.4 Å². The lowest BCUT2D eigenvalue weighted by molar-refractivity contribution is -0.194. The van der Waals surface area contributed by atoms with Crippen LogP contribution >= 0.6 is 0 Å². The Morgan fingerprint density at radius 3 is 2.50 bits per heavy atom. The Labute approximate surface area is 195 Å². The lowest BCUT2D eigenvalue weighted by Gasteiger charge is -2.39. The predicted molar refractivity (Wildman–Crippen MR) is 116 cm³/mol. The zero-order valence-corrected chi connectivity index (χ0v) is 19.3. The molecular formula is C23H26N2O9. The number of morpholine rings is 1. The largest absolute Gasteiger partial charge is 0.497 e. The van der Waals surface area contributed by atoms with Gasteiger partial charge in [-0.05, 0) is 30.2 Å². The number of likely N-dealkylation sites (tertiary alicyclic amines) is 1. The van der Waals surface area contributed by atoms with Gasteiger partial charge in [-0.2, -0.15) is 0 Å². The Morgan fingerprint density at radius 2 is 1.85 bits per heavy atom. The van der Waals surface area contributed by atoms with Crippen molar-refractivity contribution in [3.05, 3.63) is 30.0 Å². The molecule has 2 aliphatic rings. The fraction of sp³-hybridized carbons (Fsp3) is 0.478. The van der Waals surface area contributed by atoms with E-state index in [-0.39, 0.29) is 13.1 Å². The number of carbonyl (C=O) groups excluding carboxylic acids is 4. The van der Waals surface area contributed by atoms with Gasteiger partial charge in [-0.15, -0.1) is 0 Å². The lowest BCUT2D eigenvalue weighted by atomic mass is 9.79. The second-order valence-electron chi connectivity index (χ2n) is 8.20. The topological polar surface area (TPSA) is 133 Å². The molecule has 0 aliphatic carbocycles. The van der Waals surface area contributed by atoms with E-state index in [0.29, 0.717) is 12.2 Å². The Bertz CT molecular complexity index is 1140. The zero-order valence-electron chi connectivity index (χ0n) is 19.3. The molecule has 2 fully saturated rings. The van der Waals surface area contributed by atoms with Crippen molar-refractivity contribution in [3.63, 3.8) is 0 Å². The molecule has 1 aromatic carbocycles. The van der Waals surface area contributed by atoms with Crippen LogP contribution in [0.1, 0.15) is 5.56 Å². The van der Waals surface area contributed by atoms with E-state index in [4.69, 9.17) is 23.7 Å². The summed E-state index contributed by atoms with van der Waals surface area (Å²) < 4.78 is 25.7. The number of ether oxygens (including phenoxy) is 5. The van der Waals surface area contributed by atoms with Crippen LogP contribution in [0, 0.1) is 11.8 Å². The minimum atomic E-state index is -1.89. The van der Waals surface area contributed by atoms with Gasteiger partial charge in [-0.1, -0.05) is 0 Å². The van der Waals surface area contributed by atoms with Crippen LogP contribution in [0.5, 0.6) is 5.75 Å². The van der Waals surface area contributed by atoms with Gasteiger partial charge in [0, 0.05) is 23.6 Å². The SMILES string of the molecule is COC(=O)C1C2OC(C(=O)OC)(CN(CCc3c[nH]c4ccc(OC)cc34)C2=O)C1C(=O)OC. The number of amides is 1. The fourth-order valence-corrected chi connectivity index (χ4v) is 4.93. The lowest BCUT2D eigenvalue weighted by Crippen LogP contribution is -2.61. The number of methoxy groups -OCH3 is 4. The molecule has 0 spiro atoms. The minimum absolute atomic E-state index is 0.212. The first kappa shape index (κ1) is 23.6. The molecule has 3 heterocycles. The van der Waals surface area contributed by atoms with E-state index >= 15 is 0 Å². The number of aromatic amines is 1. The predicted octanol–water partition coefficient (Wildman–Crippen LogP) is 0.450. The smallest absolute Gasteiger partial charge is 0.340 e. The quantitative estimate of drug-likeness (QED) is 0.448. The molecule has 2 aliphatic heterocycles. The van der Waals surface area contributed by atoms with Gasteiger partial charge in [0.1, 0.15) is 17.6 Å². The van der Waals surface area contributed by atoms with Gasteiger partial charge in [0.25, 0.3) is 5.91 Å². The summed E-state index contributed by atoms with van der Waals surface area (Å²) in [5.41, 5.74) is -0.0451. The Kier molecular flexibility index (Phi) is 6.22. The highest BCUT2D eigenvalue weighted by atomic mass is 16.6. The summed E-state index contributed by atoms with van der Waals surface area (Å²) in [5.74, 6) is -5.13. The molecule has 2 bridgehead atoms. The van der Waals surface area contributed by atoms with Crippen molar-refractivity contribution in [2.75, 3.05) is 41.5 Å². The van der Waals surface area contributed by atoms with Crippen LogP contribution < -0.4 is 4.74 Å². The maximum atomic E-state index is 13.3. The normalized spacial score (nSPS) is 25.8. The van der Waals surface area contributed by atoms with Gasteiger partial charge >= 0.3 is 17.9 Å². The molecule has 0 saturated carbocycles. The molecule has 4 atom stereocenters. The van der Waals surface area contributed by atoms with E-state index in [2.05, 4.69) is 4.98 Å². The van der Waals surface area contributed by atoms with Gasteiger partial charge in [-0.25, -0.2) is 4.79 Å². The molecule has 4 unspecified atom stereocenters. The Hall–Kier alpha value is -3.60. The molecular weight excluding hydrogens is 448 g/mol. The number of nitrogens with one attached hydrogen (secondary N) is 1. The number of H-pyrrole nitrogens is 1. The average Bonchev–Trinajstić information content (AvgIpc) is 3.40. The summed E-state index contributed by atoms with van der Waals surface area (Å²) in [6, 6.07) is 5.63. The average molecular weight is 474 g/mol. The van der Waals surface area contributed by atoms with E-state index in [1.807, 2.05) is 24.4 Å². The number of aromatic nitrogens is 1. The summed E-state index contributed by atoms with van der Waals surface area (Å²) in [4.78, 5) is 56.1. The van der Waals surface area contributed by atoms with Crippen LogP contribution in [-0.4, -0.2) is 86.9 Å². The van der Waals surface area contributed by atoms with Crippen LogP contribution in [0.2, 0.25) is 0 Å². The molecule has 2 saturated heterocycles. The van der Waals surface area contributed by atoms with E-state index in [0.717, 1.165) is 37.8 Å². The van der Waals surface area contributed by atoms with Crippen molar-refractivity contribution >= 4 is 34.7 Å². The van der Waals surface area contributed by atoms with Crippen LogP contribution in [0.25, 0.3) is 10.9 Å². The second-order valence-corrected chi connectivity index (χ2v) is 8.20. The minimum Gasteiger partial charge on any atom is -0.497 e. The maximum Gasteiger partial charge on any atom is 0.340 e. The van der Waals surface area contributed by atoms with Gasteiger partial charge in [-0.3, -0.25) is 14.4 Å². The van der Waals surface area contributed by atoms with Gasteiger partial charge < -0.3 is 33.6 Å². The Balaban J connectivity index is 1.67. The molecule has 11 heteroatoms. The highest BCUT2D eigenvalue weighted by Crippen LogP contribution is 2.47. The molecule has 1 N–H and O–H groups in total. The molecule has 34 heavy (non-hydrogen) atoms. The first-order chi connectivity index (χ1) is 16.3. The molecule has 1 amide bonds. The number of hydrogen-bond acceptors (Lipinski definition) is 9. The number of fused-ring (bicyclic) bond motifs is 3. The highest BCUT2D eigenvalue weighted by molar-refractivity contribution is 5.99. The van der Waals surface area contributed by atoms with Gasteiger partial charge in [0.15, 0.2) is 11.7 Å². The van der Waals surface area contributed by atoms with Crippen molar-refractivity contribution in [3.8, 4) is 5.75 Å². The van der Waals surface area contributed by atoms with Crippen LogP contribution in [-0.2, 0) is 44.5 Å².